The lowest BCUT2D eigenvalue weighted by Gasteiger charge is -2.33. The molecule has 2 rings (SSSR count). The second-order valence-electron chi connectivity index (χ2n) is 5.26. The van der Waals surface area contributed by atoms with Crippen molar-refractivity contribution < 1.29 is 9.53 Å². The summed E-state index contributed by atoms with van der Waals surface area (Å²) in [5.41, 5.74) is 1.51. The number of nitrogens with zero attached hydrogens (tertiary/aromatic N) is 4. The van der Waals surface area contributed by atoms with Crippen LogP contribution in [0.3, 0.4) is 0 Å². The van der Waals surface area contributed by atoms with Gasteiger partial charge in [-0.15, -0.1) is 0 Å². The predicted octanol–water partition coefficient (Wildman–Crippen LogP) is 2.24. The highest BCUT2D eigenvalue weighted by Gasteiger charge is 2.24. The van der Waals surface area contributed by atoms with E-state index >= 15 is 0 Å². The second-order valence-corrected chi connectivity index (χ2v) is 5.26. The lowest BCUT2D eigenvalue weighted by Crippen LogP contribution is -2.45. The highest BCUT2D eigenvalue weighted by Crippen LogP contribution is 2.17. The smallest absolute Gasteiger partial charge is 0.323 e. The molecule has 0 bridgehead atoms. The van der Waals surface area contributed by atoms with Crippen LogP contribution < -0.4 is 0 Å². The van der Waals surface area contributed by atoms with Crippen molar-refractivity contribution in [3.8, 4) is 0 Å². The maximum Gasteiger partial charge on any atom is 0.323 e. The van der Waals surface area contributed by atoms with Crippen LogP contribution in [0.15, 0.2) is 35.7 Å². The minimum absolute atomic E-state index is 0.0675. The van der Waals surface area contributed by atoms with E-state index in [0.29, 0.717) is 18.9 Å². The fraction of sp³-hybridized carbons (Fsp3) is 0.438. The summed E-state index contributed by atoms with van der Waals surface area (Å²) in [7, 11) is 3.56. The average molecular weight is 302 g/mol. The summed E-state index contributed by atoms with van der Waals surface area (Å²) in [5.74, 6) is 0. The largest absolute Gasteiger partial charge is 0.381 e. The monoisotopic (exact) mass is 302 g/mol. The summed E-state index contributed by atoms with van der Waals surface area (Å²) in [4.78, 5) is 23.8. The van der Waals surface area contributed by atoms with Crippen molar-refractivity contribution in [2.75, 3.05) is 27.3 Å². The molecular formula is C16H22N4O2. The Balaban J connectivity index is 2.08. The molecule has 0 N–H and O–H groups in total. The lowest BCUT2D eigenvalue weighted by atomic mass is 10.1. The first-order valence-corrected chi connectivity index (χ1v) is 7.29. The highest BCUT2D eigenvalue weighted by atomic mass is 16.5. The molecule has 6 heteroatoms. The van der Waals surface area contributed by atoms with E-state index in [1.807, 2.05) is 19.2 Å². The standard InChI is InChI=1S/C16H22N4O2/c1-17-15(13-4-8-18-9-5-13)12-19(2)16(21)20(3)14-6-10-22-11-7-14/h4-5,8-9,12,14H,1,6-7,10-11H2,2-3H3. The summed E-state index contributed by atoms with van der Waals surface area (Å²) >= 11 is 0. The normalized spacial score (nSPS) is 16.2. The van der Waals surface area contributed by atoms with Crippen molar-refractivity contribution in [3.05, 3.63) is 36.3 Å². The number of hydrogen-bond acceptors (Lipinski definition) is 4. The predicted molar refractivity (Wildman–Crippen MR) is 86.5 cm³/mol. The Morgan fingerprint density at radius 1 is 1.36 bits per heavy atom. The van der Waals surface area contributed by atoms with Gasteiger partial charge >= 0.3 is 6.03 Å². The molecule has 2 amide bonds. The maximum atomic E-state index is 12.5. The Morgan fingerprint density at radius 2 is 2.00 bits per heavy atom. The first-order valence-electron chi connectivity index (χ1n) is 7.29. The van der Waals surface area contributed by atoms with Gasteiger partial charge in [0, 0.05) is 57.5 Å². The Kier molecular flexibility index (Phi) is 5.66. The van der Waals surface area contributed by atoms with E-state index in [9.17, 15) is 4.79 Å². The number of ether oxygens (including phenoxy) is 1. The summed E-state index contributed by atoms with van der Waals surface area (Å²) < 4.78 is 5.34. The number of rotatable bonds is 4. The third-order valence-corrected chi connectivity index (χ3v) is 3.80. The zero-order chi connectivity index (χ0) is 15.9. The summed E-state index contributed by atoms with van der Waals surface area (Å²) in [6.07, 6.45) is 6.81. The number of aromatic nitrogens is 1. The van der Waals surface area contributed by atoms with Crippen LogP contribution in [-0.2, 0) is 4.74 Å². The van der Waals surface area contributed by atoms with Crippen LogP contribution in [0, 0.1) is 0 Å². The molecule has 0 unspecified atom stereocenters. The molecule has 0 radical (unpaired) electrons. The van der Waals surface area contributed by atoms with Gasteiger partial charge in [-0.2, -0.15) is 0 Å². The van der Waals surface area contributed by atoms with Gasteiger partial charge in [-0.25, -0.2) is 4.79 Å². The van der Waals surface area contributed by atoms with E-state index in [2.05, 4.69) is 16.7 Å². The van der Waals surface area contributed by atoms with Crippen molar-refractivity contribution in [3.63, 3.8) is 0 Å². The Hall–Kier alpha value is -2.21. The molecule has 0 aliphatic carbocycles. The van der Waals surface area contributed by atoms with Crippen LogP contribution >= 0.6 is 0 Å². The number of carbonyl (C=O) groups is 1. The first-order chi connectivity index (χ1) is 10.6. The van der Waals surface area contributed by atoms with Crippen LogP contribution in [0.25, 0.3) is 5.70 Å². The first kappa shape index (κ1) is 16.2. The highest BCUT2D eigenvalue weighted by molar-refractivity contribution is 5.78. The molecule has 1 aliphatic rings. The van der Waals surface area contributed by atoms with E-state index < -0.39 is 0 Å². The number of hydrogen-bond donors (Lipinski definition) is 0. The van der Waals surface area contributed by atoms with Gasteiger partial charge in [-0.1, -0.05) is 0 Å². The van der Waals surface area contributed by atoms with E-state index in [0.717, 1.165) is 18.4 Å². The molecule has 1 fully saturated rings. The van der Waals surface area contributed by atoms with E-state index in [1.165, 1.54) is 0 Å². The summed E-state index contributed by atoms with van der Waals surface area (Å²) in [5, 5.41) is 0. The van der Waals surface area contributed by atoms with Crippen molar-refractivity contribution in [2.45, 2.75) is 18.9 Å². The molecule has 1 saturated heterocycles. The van der Waals surface area contributed by atoms with Gasteiger partial charge in [0.05, 0.1) is 5.70 Å². The van der Waals surface area contributed by atoms with E-state index in [-0.39, 0.29) is 12.1 Å². The third-order valence-electron chi connectivity index (χ3n) is 3.80. The van der Waals surface area contributed by atoms with Crippen molar-refractivity contribution >= 4 is 18.4 Å². The fourth-order valence-corrected chi connectivity index (χ4v) is 2.45. The molecule has 6 nitrogen and oxygen atoms in total. The van der Waals surface area contributed by atoms with Crippen LogP contribution in [-0.4, -0.2) is 60.9 Å². The summed E-state index contributed by atoms with van der Waals surface area (Å²) in [6, 6.07) is 3.82. The lowest BCUT2D eigenvalue weighted by molar-refractivity contribution is 0.0495. The topological polar surface area (TPSA) is 58.0 Å². The zero-order valence-electron chi connectivity index (χ0n) is 13.1. The molecule has 1 aromatic rings. The van der Waals surface area contributed by atoms with Gasteiger partial charge in [-0.05, 0) is 31.7 Å². The molecular weight excluding hydrogens is 280 g/mol. The Bertz CT molecular complexity index is 538. The van der Waals surface area contributed by atoms with Gasteiger partial charge in [0.15, 0.2) is 0 Å². The second kappa shape index (κ2) is 7.70. The molecule has 1 aromatic heterocycles. The molecule has 2 heterocycles. The van der Waals surface area contributed by atoms with Crippen LogP contribution in [0.2, 0.25) is 0 Å². The molecule has 1 aliphatic heterocycles. The maximum absolute atomic E-state index is 12.5. The molecule has 0 aromatic carbocycles. The van der Waals surface area contributed by atoms with Crippen LogP contribution in [0.1, 0.15) is 18.4 Å². The Labute approximate surface area is 131 Å². The number of carbonyl (C=O) groups excluding carboxylic acids is 1. The van der Waals surface area contributed by atoms with Crippen molar-refractivity contribution in [1.82, 2.24) is 14.8 Å². The zero-order valence-corrected chi connectivity index (χ0v) is 13.1. The van der Waals surface area contributed by atoms with E-state index in [4.69, 9.17) is 4.74 Å². The van der Waals surface area contributed by atoms with Gasteiger partial charge in [-0.3, -0.25) is 9.98 Å². The number of urea groups is 1. The minimum Gasteiger partial charge on any atom is -0.381 e. The van der Waals surface area contributed by atoms with Gasteiger partial charge < -0.3 is 14.5 Å². The molecule has 118 valence electrons. The number of aliphatic imine (C=N–C) groups is 1. The third kappa shape index (κ3) is 3.92. The molecule has 0 spiro atoms. The summed E-state index contributed by atoms with van der Waals surface area (Å²) in [6.45, 7) is 4.99. The average Bonchev–Trinajstić information content (AvgIpc) is 2.59. The van der Waals surface area contributed by atoms with Gasteiger partial charge in [0.2, 0.25) is 0 Å². The SMILES string of the molecule is C=NC(=CN(C)C(=O)N(C)C1CCOCC1)c1ccncc1. The van der Waals surface area contributed by atoms with Crippen LogP contribution in [0.5, 0.6) is 0 Å². The van der Waals surface area contributed by atoms with Crippen molar-refractivity contribution in [2.24, 2.45) is 4.99 Å². The number of pyridine rings is 1. The molecule has 0 saturated carbocycles. The van der Waals surface area contributed by atoms with Gasteiger partial charge in [0.1, 0.15) is 0 Å². The fourth-order valence-electron chi connectivity index (χ4n) is 2.45. The van der Waals surface area contributed by atoms with E-state index in [1.54, 1.807) is 35.4 Å². The van der Waals surface area contributed by atoms with Crippen molar-refractivity contribution in [1.29, 1.82) is 0 Å². The van der Waals surface area contributed by atoms with Gasteiger partial charge in [0.25, 0.3) is 0 Å². The molecule has 0 atom stereocenters. The quantitative estimate of drug-likeness (QED) is 0.802. The number of amides is 2. The van der Waals surface area contributed by atoms with Crippen LogP contribution in [0.4, 0.5) is 4.79 Å². The minimum atomic E-state index is -0.0675. The Morgan fingerprint density at radius 3 is 2.59 bits per heavy atom. The molecule has 22 heavy (non-hydrogen) atoms.